The molecular weight excluding hydrogens is 781 g/mol. The van der Waals surface area contributed by atoms with Crippen molar-refractivity contribution in [3.63, 3.8) is 0 Å². The maximum Gasteiger partial charge on any atom is 0.189 e. The van der Waals surface area contributed by atoms with Gasteiger partial charge in [-0.3, -0.25) is 14.4 Å². The molecule has 2 unspecified atom stereocenters. The van der Waals surface area contributed by atoms with Crippen molar-refractivity contribution in [3.8, 4) is 0 Å². The number of unbranched alkanes of at least 4 members (excludes halogenated alkanes) is 39. The van der Waals surface area contributed by atoms with E-state index in [-0.39, 0.29) is 19.3 Å². The summed E-state index contributed by atoms with van der Waals surface area (Å²) < 4.78 is 0. The molecule has 63 heavy (non-hydrogen) atoms. The number of carbonyl (C=O) groups excluding carboxylic acids is 3. The van der Waals surface area contributed by atoms with Crippen LogP contribution in [0.4, 0.5) is 0 Å². The van der Waals surface area contributed by atoms with E-state index in [0.717, 1.165) is 77.0 Å². The van der Waals surface area contributed by atoms with Crippen molar-refractivity contribution in [2.24, 2.45) is 0 Å². The highest BCUT2D eigenvalue weighted by Gasteiger charge is 2.53. The van der Waals surface area contributed by atoms with Crippen molar-refractivity contribution < 1.29 is 29.7 Å². The van der Waals surface area contributed by atoms with Crippen LogP contribution in [0.1, 0.15) is 316 Å². The molecule has 0 rings (SSSR count). The lowest BCUT2D eigenvalue weighted by Gasteiger charge is -2.34. The normalized spacial score (nSPS) is 13.7. The second-order valence-corrected chi connectivity index (χ2v) is 19.7. The number of carbonyl (C=O) groups is 3. The van der Waals surface area contributed by atoms with Gasteiger partial charge in [-0.05, 0) is 44.9 Å². The van der Waals surface area contributed by atoms with E-state index < -0.39 is 35.2 Å². The molecule has 0 spiro atoms. The Morgan fingerprint density at radius 3 is 0.794 bits per heavy atom. The van der Waals surface area contributed by atoms with Crippen molar-refractivity contribution in [3.05, 3.63) is 12.2 Å². The van der Waals surface area contributed by atoms with E-state index in [1.807, 2.05) is 0 Å². The van der Waals surface area contributed by atoms with E-state index in [1.165, 1.54) is 180 Å². The monoisotopic (exact) mass is 889 g/mol. The van der Waals surface area contributed by atoms with E-state index in [2.05, 4.69) is 32.9 Å². The summed E-state index contributed by atoms with van der Waals surface area (Å²) in [5, 5.41) is 34.2. The molecule has 0 fully saturated rings. The third-order valence-electron chi connectivity index (χ3n) is 13.6. The number of allylic oxidation sites excluding steroid dienone is 2. The number of aliphatic hydroxyl groups excluding tert-OH is 2. The predicted octanol–water partition coefficient (Wildman–Crippen LogP) is 16.7. The summed E-state index contributed by atoms with van der Waals surface area (Å²) in [5.41, 5.74) is -2.81. The molecule has 0 aliphatic rings. The van der Waals surface area contributed by atoms with Crippen LogP contribution in [0, 0.1) is 0 Å². The van der Waals surface area contributed by atoms with Gasteiger partial charge in [0.05, 0.1) is 0 Å². The first-order valence-corrected chi connectivity index (χ1v) is 28.1. The van der Waals surface area contributed by atoms with Crippen LogP contribution in [0.5, 0.6) is 0 Å². The number of hydrogen-bond donors (Lipinski definition) is 3. The fourth-order valence-electron chi connectivity index (χ4n) is 9.12. The number of rotatable bonds is 52. The maximum atomic E-state index is 13.6. The average molecular weight is 889 g/mol. The van der Waals surface area contributed by atoms with Crippen molar-refractivity contribution in [2.75, 3.05) is 0 Å². The topological polar surface area (TPSA) is 112 Å². The zero-order valence-electron chi connectivity index (χ0n) is 42.4. The molecule has 2 atom stereocenters. The molecule has 0 aromatic carbocycles. The van der Waals surface area contributed by atoms with E-state index in [1.54, 1.807) is 0 Å². The summed E-state index contributed by atoms with van der Waals surface area (Å²) in [7, 11) is 0. The van der Waals surface area contributed by atoms with Crippen molar-refractivity contribution in [1.29, 1.82) is 0 Å². The number of hydrogen-bond acceptors (Lipinski definition) is 6. The van der Waals surface area contributed by atoms with Gasteiger partial charge in [-0.25, -0.2) is 0 Å². The van der Waals surface area contributed by atoms with Crippen LogP contribution in [0.3, 0.4) is 0 Å². The van der Waals surface area contributed by atoms with Gasteiger partial charge in [-0.15, -0.1) is 0 Å². The summed E-state index contributed by atoms with van der Waals surface area (Å²) in [6.07, 6.45) is 50.7. The van der Waals surface area contributed by atoms with E-state index >= 15 is 0 Å². The molecule has 0 aromatic rings. The zero-order chi connectivity index (χ0) is 46.3. The lowest BCUT2D eigenvalue weighted by molar-refractivity contribution is -0.181. The fraction of sp³-hybridized carbons (Fsp3) is 0.912. The highest BCUT2D eigenvalue weighted by Crippen LogP contribution is 2.26. The smallest absolute Gasteiger partial charge is 0.189 e. The molecule has 0 aliphatic heterocycles. The van der Waals surface area contributed by atoms with Crippen LogP contribution in [0.2, 0.25) is 0 Å². The molecule has 0 saturated carbocycles. The number of ketones is 3. The van der Waals surface area contributed by atoms with Crippen LogP contribution in [0.25, 0.3) is 0 Å². The lowest BCUT2D eigenvalue weighted by Crippen LogP contribution is -2.63. The summed E-state index contributed by atoms with van der Waals surface area (Å²) in [4.78, 5) is 40.2. The second-order valence-electron chi connectivity index (χ2n) is 19.7. The first-order chi connectivity index (χ1) is 30.8. The van der Waals surface area contributed by atoms with Gasteiger partial charge in [0.1, 0.15) is 0 Å². The van der Waals surface area contributed by atoms with Crippen LogP contribution >= 0.6 is 0 Å². The van der Waals surface area contributed by atoms with E-state index in [0.29, 0.717) is 19.3 Å². The van der Waals surface area contributed by atoms with Gasteiger partial charge in [0, 0.05) is 19.3 Å². The Bertz CT molecular complexity index is 986. The molecule has 0 amide bonds. The Morgan fingerprint density at radius 2 is 0.540 bits per heavy atom. The van der Waals surface area contributed by atoms with Gasteiger partial charge >= 0.3 is 0 Å². The largest absolute Gasteiger partial charge is 0.382 e. The van der Waals surface area contributed by atoms with E-state index in [4.69, 9.17) is 0 Å². The van der Waals surface area contributed by atoms with Crippen LogP contribution in [-0.4, -0.2) is 50.5 Å². The number of aliphatic hydroxyl groups is 3. The van der Waals surface area contributed by atoms with Gasteiger partial charge in [0.25, 0.3) is 0 Å². The lowest BCUT2D eigenvalue weighted by atomic mass is 9.78. The van der Waals surface area contributed by atoms with Crippen LogP contribution in [-0.2, 0) is 14.4 Å². The summed E-state index contributed by atoms with van der Waals surface area (Å²) in [6.45, 7) is 6.77. The Labute approximate surface area is 391 Å². The summed E-state index contributed by atoms with van der Waals surface area (Å²) in [6, 6.07) is 0. The SMILES string of the molecule is CCCCCCCC/C=C\CCCCCCCC(=O)C(O)(C(O)C(=O)CCCCCCCCCCCCCCCCC)C(O)C(=O)CCCCCCCCCCCCCCCCC. The third kappa shape index (κ3) is 36.4. The highest BCUT2D eigenvalue weighted by atomic mass is 16.4. The van der Waals surface area contributed by atoms with Gasteiger partial charge in [-0.2, -0.15) is 0 Å². The van der Waals surface area contributed by atoms with Crippen molar-refractivity contribution in [2.45, 2.75) is 334 Å². The van der Waals surface area contributed by atoms with Gasteiger partial charge < -0.3 is 15.3 Å². The molecule has 0 saturated heterocycles. The Balaban J connectivity index is 4.76. The van der Waals surface area contributed by atoms with E-state index in [9.17, 15) is 29.7 Å². The minimum Gasteiger partial charge on any atom is -0.382 e. The third-order valence-corrected chi connectivity index (χ3v) is 13.6. The molecular formula is C57H108O6. The Hall–Kier alpha value is -1.37. The summed E-state index contributed by atoms with van der Waals surface area (Å²) >= 11 is 0. The summed E-state index contributed by atoms with van der Waals surface area (Å²) in [5.74, 6) is -2.12. The van der Waals surface area contributed by atoms with Crippen LogP contribution in [0.15, 0.2) is 12.2 Å². The fourth-order valence-corrected chi connectivity index (χ4v) is 9.12. The molecule has 6 heteroatoms. The van der Waals surface area contributed by atoms with Crippen molar-refractivity contribution in [1.82, 2.24) is 0 Å². The second kappa shape index (κ2) is 47.1. The molecule has 0 bridgehead atoms. The standard InChI is InChI=1S/C57H108O6/c1-4-7-10-13-16-19-22-25-28-31-34-37-40-43-46-49-52(58)55(61)57(63,54(60)51-48-45-42-39-36-33-30-27-24-21-18-15-12-9-6-3)56(62)53(59)50-47-44-41-38-35-32-29-26-23-20-17-14-11-8-5-2/h27,30,55-56,61-63H,4-26,28-29,31-51H2,1-3H3/b30-27-. The van der Waals surface area contributed by atoms with Crippen molar-refractivity contribution >= 4 is 17.3 Å². The molecule has 0 aromatic heterocycles. The minimum absolute atomic E-state index is 0.0162. The molecule has 0 radical (unpaired) electrons. The molecule has 0 heterocycles. The molecule has 6 nitrogen and oxygen atoms in total. The first-order valence-electron chi connectivity index (χ1n) is 28.1. The van der Waals surface area contributed by atoms with Crippen LogP contribution < -0.4 is 0 Å². The number of Topliss-reactive ketones (excluding diaryl/α,β-unsaturated/α-hetero) is 3. The van der Waals surface area contributed by atoms with Gasteiger partial charge in [-0.1, -0.05) is 264 Å². The van der Waals surface area contributed by atoms with Gasteiger partial charge in [0.2, 0.25) is 0 Å². The Kier molecular flexibility index (Phi) is 46.1. The molecule has 372 valence electrons. The van der Waals surface area contributed by atoms with Gasteiger partial charge in [0.15, 0.2) is 35.2 Å². The Morgan fingerprint density at radius 1 is 0.333 bits per heavy atom. The predicted molar refractivity (Wildman–Crippen MR) is 271 cm³/mol. The maximum absolute atomic E-state index is 13.6. The molecule has 0 aliphatic carbocycles. The zero-order valence-corrected chi connectivity index (χ0v) is 42.4. The quantitative estimate of drug-likeness (QED) is 0.0414. The highest BCUT2D eigenvalue weighted by molar-refractivity contribution is 6.01. The molecule has 3 N–H and O–H groups in total. The minimum atomic E-state index is -2.81. The first kappa shape index (κ1) is 61.6. The average Bonchev–Trinajstić information content (AvgIpc) is 3.29.